The molecule has 0 aliphatic carbocycles. The van der Waals surface area contributed by atoms with Crippen LogP contribution in [0.25, 0.3) is 0 Å². The number of aliphatic hydroxyl groups excluding tert-OH is 1. The van der Waals surface area contributed by atoms with Crippen LogP contribution >= 0.6 is 11.3 Å². The summed E-state index contributed by atoms with van der Waals surface area (Å²) in [7, 11) is 0. The zero-order valence-electron chi connectivity index (χ0n) is 14.4. The Morgan fingerprint density at radius 3 is 2.64 bits per heavy atom. The van der Waals surface area contributed by atoms with E-state index in [1.54, 1.807) is 39.2 Å². The number of aromatic nitrogens is 1. The summed E-state index contributed by atoms with van der Waals surface area (Å²) in [5.74, 6) is -1.21. The van der Waals surface area contributed by atoms with Crippen molar-refractivity contribution in [3.05, 3.63) is 63.8 Å². The van der Waals surface area contributed by atoms with Crippen molar-refractivity contribution in [2.75, 3.05) is 0 Å². The van der Waals surface area contributed by atoms with Gasteiger partial charge in [-0.15, -0.1) is 11.3 Å². The van der Waals surface area contributed by atoms with E-state index in [1.807, 2.05) is 23.6 Å². The summed E-state index contributed by atoms with van der Waals surface area (Å²) in [5, 5.41) is 12.4. The maximum atomic E-state index is 12.9. The number of ketones is 1. The fraction of sp³-hybridized carbons (Fsp3) is 0.316. The largest absolute Gasteiger partial charge is 0.503 e. The van der Waals surface area contributed by atoms with Crippen molar-refractivity contribution < 1.29 is 14.7 Å². The Labute approximate surface area is 150 Å². The molecule has 2 aromatic rings. The molecule has 0 saturated heterocycles. The van der Waals surface area contributed by atoms with Crippen molar-refractivity contribution >= 4 is 23.0 Å². The Hall–Kier alpha value is -2.47. The predicted molar refractivity (Wildman–Crippen MR) is 96.0 cm³/mol. The maximum absolute atomic E-state index is 12.9. The highest BCUT2D eigenvalue weighted by Crippen LogP contribution is 2.41. The Morgan fingerprint density at radius 1 is 1.32 bits per heavy atom. The van der Waals surface area contributed by atoms with E-state index in [0.29, 0.717) is 12.1 Å². The SMILES string of the molecule is CC(C)(C)C(=O)C1=C(O)C(=O)N(Cc2cccs2)C1c1cccnc1. The van der Waals surface area contributed by atoms with Crippen LogP contribution in [0, 0.1) is 5.41 Å². The number of carbonyl (C=O) groups is 2. The molecule has 1 aliphatic heterocycles. The Balaban J connectivity index is 2.08. The zero-order chi connectivity index (χ0) is 18.2. The first-order chi connectivity index (χ1) is 11.8. The van der Waals surface area contributed by atoms with Gasteiger partial charge in [-0.05, 0) is 23.1 Å². The van der Waals surface area contributed by atoms with Crippen LogP contribution in [-0.2, 0) is 16.1 Å². The predicted octanol–water partition coefficient (Wildman–Crippen LogP) is 3.65. The van der Waals surface area contributed by atoms with E-state index in [-0.39, 0.29) is 11.4 Å². The molecule has 0 fully saturated rings. The average molecular weight is 356 g/mol. The summed E-state index contributed by atoms with van der Waals surface area (Å²) in [6.45, 7) is 5.67. The number of pyridine rings is 1. The lowest BCUT2D eigenvalue weighted by Crippen LogP contribution is -2.32. The van der Waals surface area contributed by atoms with Crippen LogP contribution in [0.15, 0.2) is 53.4 Å². The van der Waals surface area contributed by atoms with Gasteiger partial charge < -0.3 is 10.0 Å². The topological polar surface area (TPSA) is 70.5 Å². The van der Waals surface area contributed by atoms with Crippen molar-refractivity contribution in [3.8, 4) is 0 Å². The van der Waals surface area contributed by atoms with Gasteiger partial charge in [0.05, 0.1) is 18.2 Å². The van der Waals surface area contributed by atoms with Gasteiger partial charge in [0, 0.05) is 22.7 Å². The van der Waals surface area contributed by atoms with E-state index in [0.717, 1.165) is 4.88 Å². The molecule has 3 heterocycles. The van der Waals surface area contributed by atoms with Gasteiger partial charge in [0.15, 0.2) is 11.5 Å². The number of hydrogen-bond acceptors (Lipinski definition) is 5. The fourth-order valence-corrected chi connectivity index (χ4v) is 3.61. The third kappa shape index (κ3) is 3.22. The number of hydrogen-bond donors (Lipinski definition) is 1. The summed E-state index contributed by atoms with van der Waals surface area (Å²) in [4.78, 5) is 32.3. The Bertz CT molecular complexity index is 820. The molecule has 1 unspecified atom stereocenters. The van der Waals surface area contributed by atoms with E-state index < -0.39 is 23.1 Å². The number of carbonyl (C=O) groups excluding carboxylic acids is 2. The van der Waals surface area contributed by atoms with Crippen molar-refractivity contribution in [2.24, 2.45) is 5.41 Å². The molecule has 1 N–H and O–H groups in total. The molecular weight excluding hydrogens is 336 g/mol. The van der Waals surface area contributed by atoms with Crippen LogP contribution in [0.2, 0.25) is 0 Å². The van der Waals surface area contributed by atoms with E-state index in [9.17, 15) is 14.7 Å². The van der Waals surface area contributed by atoms with Crippen LogP contribution in [-0.4, -0.2) is 26.7 Å². The summed E-state index contributed by atoms with van der Waals surface area (Å²) in [6.07, 6.45) is 3.27. The highest BCUT2D eigenvalue weighted by molar-refractivity contribution is 7.09. The standard InChI is InChI=1S/C19H20N2O3S/c1-19(2,3)17(23)14-15(12-6-4-8-20-10-12)21(18(24)16(14)22)11-13-7-5-9-25-13/h4-10,15,22H,11H2,1-3H3. The van der Waals surface area contributed by atoms with Crippen molar-refractivity contribution in [3.63, 3.8) is 0 Å². The average Bonchev–Trinajstić information content (AvgIpc) is 3.16. The minimum absolute atomic E-state index is 0.155. The lowest BCUT2D eigenvalue weighted by Gasteiger charge is -2.28. The quantitative estimate of drug-likeness (QED) is 0.908. The second kappa shape index (κ2) is 6.44. The Morgan fingerprint density at radius 2 is 2.08 bits per heavy atom. The molecule has 0 radical (unpaired) electrons. The third-order valence-electron chi connectivity index (χ3n) is 4.14. The van der Waals surface area contributed by atoms with Crippen molar-refractivity contribution in [1.29, 1.82) is 0 Å². The van der Waals surface area contributed by atoms with Crippen molar-refractivity contribution in [1.82, 2.24) is 9.88 Å². The number of amides is 1. The molecule has 5 nitrogen and oxygen atoms in total. The van der Waals surface area contributed by atoms with Gasteiger partial charge in [-0.2, -0.15) is 0 Å². The van der Waals surface area contributed by atoms with Gasteiger partial charge in [0.25, 0.3) is 5.91 Å². The highest BCUT2D eigenvalue weighted by atomic mass is 32.1. The molecule has 3 rings (SSSR count). The monoisotopic (exact) mass is 356 g/mol. The highest BCUT2D eigenvalue weighted by Gasteiger charge is 2.46. The molecule has 0 spiro atoms. The molecule has 25 heavy (non-hydrogen) atoms. The Kier molecular flexibility index (Phi) is 4.47. The van der Waals surface area contributed by atoms with Gasteiger partial charge in [-0.25, -0.2) is 0 Å². The second-order valence-electron chi connectivity index (χ2n) is 7.04. The van der Waals surface area contributed by atoms with E-state index >= 15 is 0 Å². The maximum Gasteiger partial charge on any atom is 0.290 e. The van der Waals surface area contributed by atoms with E-state index in [1.165, 1.54) is 16.2 Å². The van der Waals surface area contributed by atoms with Crippen LogP contribution in [0.1, 0.15) is 37.3 Å². The normalized spacial score (nSPS) is 18.1. The lowest BCUT2D eigenvalue weighted by molar-refractivity contribution is -0.130. The van der Waals surface area contributed by atoms with Crippen LogP contribution in [0.4, 0.5) is 0 Å². The van der Waals surface area contributed by atoms with E-state index in [4.69, 9.17) is 0 Å². The number of rotatable bonds is 4. The molecule has 1 atom stereocenters. The zero-order valence-corrected chi connectivity index (χ0v) is 15.2. The third-order valence-corrected chi connectivity index (χ3v) is 5.00. The number of Topliss-reactive ketones (excluding diaryl/α,β-unsaturated/α-hetero) is 1. The molecule has 1 amide bonds. The first-order valence-corrected chi connectivity index (χ1v) is 8.90. The minimum atomic E-state index is -0.705. The molecule has 0 aromatic carbocycles. The molecule has 130 valence electrons. The smallest absolute Gasteiger partial charge is 0.290 e. The molecule has 0 bridgehead atoms. The summed E-state index contributed by atoms with van der Waals surface area (Å²) in [6, 6.07) is 6.79. The summed E-state index contributed by atoms with van der Waals surface area (Å²) in [5.41, 5.74) is 0.161. The molecule has 0 saturated carbocycles. The first kappa shape index (κ1) is 17.4. The van der Waals surface area contributed by atoms with Crippen molar-refractivity contribution in [2.45, 2.75) is 33.4 Å². The lowest BCUT2D eigenvalue weighted by atomic mass is 9.82. The first-order valence-electron chi connectivity index (χ1n) is 8.02. The molecule has 1 aliphatic rings. The van der Waals surface area contributed by atoms with Gasteiger partial charge >= 0.3 is 0 Å². The van der Waals surface area contributed by atoms with Gasteiger partial charge in [-0.1, -0.05) is 32.9 Å². The second-order valence-corrected chi connectivity index (χ2v) is 8.07. The van der Waals surface area contributed by atoms with Gasteiger partial charge in [0.2, 0.25) is 0 Å². The number of nitrogens with zero attached hydrogens (tertiary/aromatic N) is 2. The fourth-order valence-electron chi connectivity index (χ4n) is 2.91. The van der Waals surface area contributed by atoms with E-state index in [2.05, 4.69) is 4.98 Å². The van der Waals surface area contributed by atoms with Gasteiger partial charge in [0.1, 0.15) is 0 Å². The summed E-state index contributed by atoms with van der Waals surface area (Å²) >= 11 is 1.53. The van der Waals surface area contributed by atoms with Gasteiger partial charge in [-0.3, -0.25) is 14.6 Å². The minimum Gasteiger partial charge on any atom is -0.503 e. The molecule has 6 heteroatoms. The molecular formula is C19H20N2O3S. The van der Waals surface area contributed by atoms with Crippen LogP contribution in [0.3, 0.4) is 0 Å². The molecule has 2 aromatic heterocycles. The van der Waals surface area contributed by atoms with Crippen LogP contribution in [0.5, 0.6) is 0 Å². The summed E-state index contributed by atoms with van der Waals surface area (Å²) < 4.78 is 0. The number of thiophene rings is 1. The van der Waals surface area contributed by atoms with Crippen LogP contribution < -0.4 is 0 Å². The number of aliphatic hydroxyl groups is 1.